The fourth-order valence-corrected chi connectivity index (χ4v) is 3.57. The van der Waals surface area contributed by atoms with Crippen molar-refractivity contribution in [2.24, 2.45) is 0 Å². The molecule has 156 valence electrons. The van der Waals surface area contributed by atoms with Crippen LogP contribution in [-0.2, 0) is 17.5 Å². The SMILES string of the molecule is C=CCn1c(SCC(=O)Nc2ccc(C(F)(F)F)cc2[N+](=O)[O-])nc2ccccc21. The number of imidazole rings is 1. The molecular formula is C19H15F3N4O3S. The van der Waals surface area contributed by atoms with Crippen molar-refractivity contribution in [1.29, 1.82) is 0 Å². The number of halogens is 3. The molecule has 0 spiro atoms. The normalized spacial score (nSPS) is 11.4. The van der Waals surface area contributed by atoms with Gasteiger partial charge in [0.1, 0.15) is 5.69 Å². The van der Waals surface area contributed by atoms with Gasteiger partial charge in [-0.05, 0) is 24.3 Å². The standard InChI is InChI=1S/C19H15F3N4O3S/c1-2-9-25-15-6-4-3-5-13(15)24-18(25)30-11-17(27)23-14-8-7-12(19(20,21)22)10-16(14)26(28)29/h2-8,10H,1,9,11H2,(H,23,27). The number of amides is 1. The first kappa shape index (κ1) is 21.4. The number of nitro benzene ring substituents is 1. The number of hydrogen-bond acceptors (Lipinski definition) is 5. The Labute approximate surface area is 172 Å². The number of fused-ring (bicyclic) bond motifs is 1. The average molecular weight is 436 g/mol. The summed E-state index contributed by atoms with van der Waals surface area (Å²) in [4.78, 5) is 26.9. The first-order valence-electron chi connectivity index (χ1n) is 8.55. The number of aromatic nitrogens is 2. The molecule has 0 aliphatic rings. The summed E-state index contributed by atoms with van der Waals surface area (Å²) in [6, 6.07) is 9.33. The Morgan fingerprint density at radius 1 is 1.30 bits per heavy atom. The van der Waals surface area contributed by atoms with Crippen molar-refractivity contribution in [3.05, 3.63) is 70.8 Å². The van der Waals surface area contributed by atoms with Crippen molar-refractivity contribution in [3.63, 3.8) is 0 Å². The number of alkyl halides is 3. The first-order valence-corrected chi connectivity index (χ1v) is 9.53. The summed E-state index contributed by atoms with van der Waals surface area (Å²) in [5.41, 5.74) is -0.709. The van der Waals surface area contributed by atoms with Crippen molar-refractivity contribution >= 4 is 40.1 Å². The van der Waals surface area contributed by atoms with Crippen LogP contribution in [0.5, 0.6) is 0 Å². The minimum absolute atomic E-state index is 0.140. The predicted molar refractivity (Wildman–Crippen MR) is 107 cm³/mol. The van der Waals surface area contributed by atoms with Gasteiger partial charge in [-0.15, -0.1) is 6.58 Å². The summed E-state index contributed by atoms with van der Waals surface area (Å²) in [7, 11) is 0. The third-order valence-corrected chi connectivity index (χ3v) is 5.04. The van der Waals surface area contributed by atoms with Crippen LogP contribution in [0.25, 0.3) is 11.0 Å². The van der Waals surface area contributed by atoms with Crippen LogP contribution in [0.1, 0.15) is 5.56 Å². The molecule has 3 rings (SSSR count). The van der Waals surface area contributed by atoms with Crippen LogP contribution < -0.4 is 5.32 Å². The molecule has 11 heteroatoms. The lowest BCUT2D eigenvalue weighted by Crippen LogP contribution is -2.16. The molecule has 0 aliphatic carbocycles. The number of hydrogen-bond donors (Lipinski definition) is 1. The zero-order valence-electron chi connectivity index (χ0n) is 15.3. The van der Waals surface area contributed by atoms with Crippen LogP contribution >= 0.6 is 11.8 Å². The van der Waals surface area contributed by atoms with Gasteiger partial charge >= 0.3 is 6.18 Å². The maximum absolute atomic E-state index is 12.8. The summed E-state index contributed by atoms with van der Waals surface area (Å²) in [5, 5.41) is 14.0. The van der Waals surface area contributed by atoms with E-state index in [9.17, 15) is 28.1 Å². The molecule has 0 unspecified atom stereocenters. The Kier molecular flexibility index (Phi) is 6.11. The first-order chi connectivity index (χ1) is 14.2. The minimum atomic E-state index is -4.73. The van der Waals surface area contributed by atoms with Gasteiger partial charge in [0.05, 0.1) is 27.3 Å². The molecule has 7 nitrogen and oxygen atoms in total. The van der Waals surface area contributed by atoms with Gasteiger partial charge in [0.25, 0.3) is 5.69 Å². The van der Waals surface area contributed by atoms with Crippen molar-refractivity contribution < 1.29 is 22.9 Å². The van der Waals surface area contributed by atoms with Crippen LogP contribution in [0.4, 0.5) is 24.5 Å². The number of allylic oxidation sites excluding steroid dienone is 1. The number of thioether (sulfide) groups is 1. The Balaban J connectivity index is 1.77. The fourth-order valence-electron chi connectivity index (χ4n) is 2.75. The van der Waals surface area contributed by atoms with Gasteiger partial charge in [0.15, 0.2) is 5.16 Å². The smallest absolute Gasteiger partial charge is 0.320 e. The number of nitrogens with one attached hydrogen (secondary N) is 1. The number of carbonyl (C=O) groups excluding carboxylic acids is 1. The van der Waals surface area contributed by atoms with Crippen LogP contribution in [-0.4, -0.2) is 26.1 Å². The number of benzene rings is 2. The number of carbonyl (C=O) groups is 1. The molecule has 0 saturated carbocycles. The zero-order valence-corrected chi connectivity index (χ0v) is 16.2. The molecule has 0 atom stereocenters. The highest BCUT2D eigenvalue weighted by atomic mass is 32.2. The van der Waals surface area contributed by atoms with E-state index in [1.54, 1.807) is 6.08 Å². The van der Waals surface area contributed by atoms with E-state index >= 15 is 0 Å². The zero-order chi connectivity index (χ0) is 21.9. The van der Waals surface area contributed by atoms with Crippen molar-refractivity contribution in [2.75, 3.05) is 11.1 Å². The van der Waals surface area contributed by atoms with Crippen LogP contribution in [0.3, 0.4) is 0 Å². The minimum Gasteiger partial charge on any atom is -0.320 e. The van der Waals surface area contributed by atoms with E-state index in [0.29, 0.717) is 23.8 Å². The van der Waals surface area contributed by atoms with Crippen LogP contribution in [0.2, 0.25) is 0 Å². The molecule has 0 aliphatic heterocycles. The van der Waals surface area contributed by atoms with Gasteiger partial charge in [-0.25, -0.2) is 4.98 Å². The molecular weight excluding hydrogens is 421 g/mol. The van der Waals surface area contributed by atoms with Crippen LogP contribution in [0, 0.1) is 10.1 Å². The number of rotatable bonds is 7. The molecule has 2 aromatic carbocycles. The predicted octanol–water partition coefficient (Wildman–Crippen LogP) is 4.88. The fraction of sp³-hybridized carbons (Fsp3) is 0.158. The number of para-hydroxylation sites is 2. The van der Waals surface area contributed by atoms with Crippen molar-refractivity contribution in [2.45, 2.75) is 17.9 Å². The summed E-state index contributed by atoms with van der Waals surface area (Å²) >= 11 is 1.10. The van der Waals surface area contributed by atoms with Crippen molar-refractivity contribution in [3.8, 4) is 0 Å². The van der Waals surface area contributed by atoms with E-state index in [2.05, 4.69) is 16.9 Å². The number of anilines is 1. The Hall–Kier alpha value is -3.34. The summed E-state index contributed by atoms with van der Waals surface area (Å²) in [6.45, 7) is 4.17. The lowest BCUT2D eigenvalue weighted by Gasteiger charge is -2.10. The molecule has 0 radical (unpaired) electrons. The molecule has 0 saturated heterocycles. The Morgan fingerprint density at radius 3 is 2.70 bits per heavy atom. The van der Waals surface area contributed by atoms with Gasteiger partial charge in [-0.3, -0.25) is 14.9 Å². The van der Waals surface area contributed by atoms with Gasteiger partial charge in [0.2, 0.25) is 5.91 Å². The van der Waals surface area contributed by atoms with E-state index in [4.69, 9.17) is 0 Å². The Bertz CT molecular complexity index is 1130. The molecule has 1 heterocycles. The third-order valence-electron chi connectivity index (χ3n) is 4.06. The summed E-state index contributed by atoms with van der Waals surface area (Å²) in [6.07, 6.45) is -3.04. The third kappa shape index (κ3) is 4.62. The number of nitro groups is 1. The van der Waals surface area contributed by atoms with Gasteiger partial charge in [-0.2, -0.15) is 13.2 Å². The van der Waals surface area contributed by atoms with Crippen LogP contribution in [0.15, 0.2) is 60.3 Å². The Morgan fingerprint density at radius 2 is 2.03 bits per heavy atom. The van der Waals surface area contributed by atoms with Gasteiger partial charge in [-0.1, -0.05) is 30.0 Å². The van der Waals surface area contributed by atoms with E-state index in [1.807, 2.05) is 28.8 Å². The largest absolute Gasteiger partial charge is 0.416 e. The summed E-state index contributed by atoms with van der Waals surface area (Å²) < 4.78 is 40.2. The van der Waals surface area contributed by atoms with E-state index < -0.39 is 28.3 Å². The lowest BCUT2D eigenvalue weighted by atomic mass is 10.1. The lowest BCUT2D eigenvalue weighted by molar-refractivity contribution is -0.384. The van der Waals surface area contributed by atoms with Crippen molar-refractivity contribution in [1.82, 2.24) is 9.55 Å². The molecule has 0 bridgehead atoms. The second-order valence-corrected chi connectivity index (χ2v) is 7.05. The highest BCUT2D eigenvalue weighted by Gasteiger charge is 2.33. The highest BCUT2D eigenvalue weighted by molar-refractivity contribution is 7.99. The monoisotopic (exact) mass is 436 g/mol. The quantitative estimate of drug-likeness (QED) is 0.247. The second kappa shape index (κ2) is 8.57. The number of nitrogens with zero attached hydrogens (tertiary/aromatic N) is 3. The highest BCUT2D eigenvalue weighted by Crippen LogP contribution is 2.35. The maximum atomic E-state index is 12.8. The second-order valence-electron chi connectivity index (χ2n) is 6.11. The van der Waals surface area contributed by atoms with E-state index in [1.165, 1.54) is 0 Å². The molecule has 30 heavy (non-hydrogen) atoms. The van der Waals surface area contributed by atoms with Gasteiger partial charge in [0, 0.05) is 12.6 Å². The van der Waals surface area contributed by atoms with E-state index in [0.717, 1.165) is 28.9 Å². The maximum Gasteiger partial charge on any atom is 0.416 e. The molecule has 0 fully saturated rings. The van der Waals surface area contributed by atoms with E-state index in [-0.39, 0.29) is 11.4 Å². The molecule has 1 aromatic heterocycles. The van der Waals surface area contributed by atoms with Gasteiger partial charge < -0.3 is 9.88 Å². The molecule has 1 N–H and O–H groups in total. The molecule has 3 aromatic rings. The molecule has 1 amide bonds. The summed E-state index contributed by atoms with van der Waals surface area (Å²) in [5.74, 6) is -0.751. The average Bonchev–Trinajstić information content (AvgIpc) is 3.03. The topological polar surface area (TPSA) is 90.1 Å².